The Kier molecular flexibility index (Phi) is 6.31. The third-order valence-corrected chi connectivity index (χ3v) is 5.99. The molecule has 2 atom stereocenters. The van der Waals surface area contributed by atoms with E-state index in [0.717, 1.165) is 12.5 Å². The molecule has 3 heteroatoms. The first-order valence-corrected chi connectivity index (χ1v) is 8.84. The molecule has 1 heterocycles. The highest BCUT2D eigenvalue weighted by Gasteiger charge is 2.35. The summed E-state index contributed by atoms with van der Waals surface area (Å²) in [6, 6.07) is 0. The van der Waals surface area contributed by atoms with E-state index >= 15 is 0 Å². The minimum absolute atomic E-state index is 0.281. The van der Waals surface area contributed by atoms with E-state index in [0.29, 0.717) is 0 Å². The minimum Gasteiger partial charge on any atom is -0.329 e. The van der Waals surface area contributed by atoms with Crippen LogP contribution >= 0.6 is 0 Å². The molecule has 0 aromatic rings. The van der Waals surface area contributed by atoms with E-state index in [1.165, 1.54) is 77.5 Å². The number of nitrogens with zero attached hydrogens (tertiary/aromatic N) is 2. The Morgan fingerprint density at radius 2 is 1.90 bits per heavy atom. The molecule has 1 saturated heterocycles. The lowest BCUT2D eigenvalue weighted by Gasteiger charge is -2.41. The second kappa shape index (κ2) is 7.77. The van der Waals surface area contributed by atoms with Crippen LogP contribution in [0.2, 0.25) is 0 Å². The van der Waals surface area contributed by atoms with Crippen LogP contribution in [0.15, 0.2) is 0 Å². The monoisotopic (exact) mass is 281 g/mol. The van der Waals surface area contributed by atoms with Gasteiger partial charge in [-0.1, -0.05) is 26.2 Å². The van der Waals surface area contributed by atoms with Gasteiger partial charge in [-0.15, -0.1) is 0 Å². The molecule has 2 aliphatic rings. The molecule has 1 aliphatic carbocycles. The molecular weight excluding hydrogens is 246 g/mol. The van der Waals surface area contributed by atoms with Gasteiger partial charge in [0, 0.05) is 25.2 Å². The van der Waals surface area contributed by atoms with Gasteiger partial charge < -0.3 is 10.6 Å². The zero-order valence-corrected chi connectivity index (χ0v) is 13.7. The van der Waals surface area contributed by atoms with Crippen LogP contribution in [0.3, 0.4) is 0 Å². The quantitative estimate of drug-likeness (QED) is 0.760. The van der Waals surface area contributed by atoms with E-state index in [-0.39, 0.29) is 5.54 Å². The summed E-state index contributed by atoms with van der Waals surface area (Å²) in [5, 5.41) is 0. The van der Waals surface area contributed by atoms with Crippen molar-refractivity contribution in [2.45, 2.75) is 63.8 Å². The molecule has 0 aromatic carbocycles. The molecule has 0 amide bonds. The van der Waals surface area contributed by atoms with Crippen LogP contribution in [-0.2, 0) is 0 Å². The van der Waals surface area contributed by atoms with E-state index in [2.05, 4.69) is 23.8 Å². The summed E-state index contributed by atoms with van der Waals surface area (Å²) < 4.78 is 0. The summed E-state index contributed by atoms with van der Waals surface area (Å²) in [5.74, 6) is 0.940. The fraction of sp³-hybridized carbons (Fsp3) is 1.00. The van der Waals surface area contributed by atoms with Crippen molar-refractivity contribution in [1.29, 1.82) is 0 Å². The highest BCUT2D eigenvalue weighted by Crippen LogP contribution is 2.34. The molecule has 20 heavy (non-hydrogen) atoms. The van der Waals surface area contributed by atoms with Crippen molar-refractivity contribution in [3.8, 4) is 0 Å². The average Bonchev–Trinajstić information content (AvgIpc) is 2.90. The molecule has 2 N–H and O–H groups in total. The van der Waals surface area contributed by atoms with Gasteiger partial charge >= 0.3 is 0 Å². The van der Waals surface area contributed by atoms with Crippen LogP contribution in [0.25, 0.3) is 0 Å². The normalized spacial score (nSPS) is 32.7. The van der Waals surface area contributed by atoms with Crippen LogP contribution in [-0.4, -0.2) is 55.1 Å². The standard InChI is InChI=1S/C17H35N3/c1-3-16-7-6-9-17(15-18,10-8-16)19(2)13-14-20-11-4-5-12-20/h16H,3-15,18H2,1-2H3. The topological polar surface area (TPSA) is 32.5 Å². The average molecular weight is 281 g/mol. The van der Waals surface area contributed by atoms with Gasteiger partial charge in [-0.3, -0.25) is 4.90 Å². The Labute approximate surface area is 125 Å². The van der Waals surface area contributed by atoms with Crippen molar-refractivity contribution in [2.75, 3.05) is 39.8 Å². The number of likely N-dealkylation sites (N-methyl/N-ethyl adjacent to an activating group) is 1. The van der Waals surface area contributed by atoms with E-state index in [9.17, 15) is 0 Å². The lowest BCUT2D eigenvalue weighted by molar-refractivity contribution is 0.0947. The molecule has 0 aromatic heterocycles. The molecule has 2 rings (SSSR count). The first kappa shape index (κ1) is 16.3. The first-order valence-electron chi connectivity index (χ1n) is 8.84. The minimum atomic E-state index is 0.281. The van der Waals surface area contributed by atoms with E-state index in [4.69, 9.17) is 5.73 Å². The van der Waals surface area contributed by atoms with Gasteiger partial charge in [0.05, 0.1) is 0 Å². The molecule has 0 bridgehead atoms. The lowest BCUT2D eigenvalue weighted by atomic mass is 9.87. The maximum atomic E-state index is 6.22. The fourth-order valence-corrected chi connectivity index (χ4v) is 4.15. The predicted molar refractivity (Wildman–Crippen MR) is 87.0 cm³/mol. The third-order valence-electron chi connectivity index (χ3n) is 5.99. The highest BCUT2D eigenvalue weighted by atomic mass is 15.2. The molecule has 118 valence electrons. The fourth-order valence-electron chi connectivity index (χ4n) is 4.15. The Bertz CT molecular complexity index is 275. The molecule has 3 nitrogen and oxygen atoms in total. The molecular formula is C17H35N3. The SMILES string of the molecule is CCC1CCCC(CN)(N(C)CCN2CCCC2)CC1. The van der Waals surface area contributed by atoms with Gasteiger partial charge in [0.25, 0.3) is 0 Å². The Morgan fingerprint density at radius 3 is 2.55 bits per heavy atom. The number of nitrogens with two attached hydrogens (primary N) is 1. The maximum absolute atomic E-state index is 6.22. The third kappa shape index (κ3) is 3.96. The largest absolute Gasteiger partial charge is 0.329 e. The lowest BCUT2D eigenvalue weighted by Crippen LogP contribution is -2.53. The summed E-state index contributed by atoms with van der Waals surface area (Å²) in [4.78, 5) is 5.22. The van der Waals surface area contributed by atoms with Crippen LogP contribution in [0.5, 0.6) is 0 Å². The van der Waals surface area contributed by atoms with Gasteiger partial charge in [0.15, 0.2) is 0 Å². The zero-order chi connectivity index (χ0) is 14.4. The number of rotatable bonds is 6. The van der Waals surface area contributed by atoms with Gasteiger partial charge in [-0.05, 0) is 58.2 Å². The Balaban J connectivity index is 1.87. The van der Waals surface area contributed by atoms with Gasteiger partial charge in [0.2, 0.25) is 0 Å². The van der Waals surface area contributed by atoms with Crippen molar-refractivity contribution in [2.24, 2.45) is 11.7 Å². The van der Waals surface area contributed by atoms with Crippen molar-refractivity contribution >= 4 is 0 Å². The smallest absolute Gasteiger partial charge is 0.0329 e. The van der Waals surface area contributed by atoms with Crippen molar-refractivity contribution in [1.82, 2.24) is 9.80 Å². The second-order valence-electron chi connectivity index (χ2n) is 7.10. The summed E-state index contributed by atoms with van der Waals surface area (Å²) >= 11 is 0. The molecule has 1 aliphatic heterocycles. The summed E-state index contributed by atoms with van der Waals surface area (Å²) in [7, 11) is 2.31. The molecule has 0 spiro atoms. The Hall–Kier alpha value is -0.120. The van der Waals surface area contributed by atoms with Gasteiger partial charge in [-0.25, -0.2) is 0 Å². The van der Waals surface area contributed by atoms with Crippen molar-refractivity contribution in [3.05, 3.63) is 0 Å². The van der Waals surface area contributed by atoms with Crippen molar-refractivity contribution < 1.29 is 0 Å². The summed E-state index contributed by atoms with van der Waals surface area (Å²) in [6.07, 6.45) is 10.9. The van der Waals surface area contributed by atoms with Crippen LogP contribution in [0.4, 0.5) is 0 Å². The number of likely N-dealkylation sites (tertiary alicyclic amines) is 1. The van der Waals surface area contributed by atoms with Gasteiger partial charge in [0.1, 0.15) is 0 Å². The van der Waals surface area contributed by atoms with E-state index < -0.39 is 0 Å². The van der Waals surface area contributed by atoms with Crippen LogP contribution in [0, 0.1) is 5.92 Å². The molecule has 2 fully saturated rings. The predicted octanol–water partition coefficient (Wildman–Crippen LogP) is 2.70. The second-order valence-corrected chi connectivity index (χ2v) is 7.10. The van der Waals surface area contributed by atoms with Crippen LogP contribution in [0.1, 0.15) is 58.3 Å². The van der Waals surface area contributed by atoms with E-state index in [1.807, 2.05) is 0 Å². The first-order chi connectivity index (χ1) is 9.70. The number of hydrogen-bond acceptors (Lipinski definition) is 3. The maximum Gasteiger partial charge on any atom is 0.0329 e. The highest BCUT2D eigenvalue weighted by molar-refractivity contribution is 4.93. The van der Waals surface area contributed by atoms with Gasteiger partial charge in [-0.2, -0.15) is 0 Å². The summed E-state index contributed by atoms with van der Waals surface area (Å²) in [5.41, 5.74) is 6.51. The number of hydrogen-bond donors (Lipinski definition) is 1. The Morgan fingerprint density at radius 1 is 1.15 bits per heavy atom. The molecule has 2 unspecified atom stereocenters. The summed E-state index contributed by atoms with van der Waals surface area (Å²) in [6.45, 7) is 8.21. The van der Waals surface area contributed by atoms with Crippen LogP contribution < -0.4 is 5.73 Å². The van der Waals surface area contributed by atoms with Crippen molar-refractivity contribution in [3.63, 3.8) is 0 Å². The van der Waals surface area contributed by atoms with E-state index in [1.54, 1.807) is 0 Å². The molecule has 0 radical (unpaired) electrons. The molecule has 1 saturated carbocycles. The zero-order valence-electron chi connectivity index (χ0n) is 13.7.